The summed E-state index contributed by atoms with van der Waals surface area (Å²) in [7, 11) is 0. The van der Waals surface area contributed by atoms with Gasteiger partial charge in [-0.1, -0.05) is 0 Å². The Morgan fingerprint density at radius 3 is 3.08 bits per heavy atom. The van der Waals surface area contributed by atoms with Crippen molar-refractivity contribution in [3.8, 4) is 0 Å². The molecule has 0 amide bonds. The van der Waals surface area contributed by atoms with Crippen molar-refractivity contribution in [3.63, 3.8) is 0 Å². The van der Waals surface area contributed by atoms with E-state index in [4.69, 9.17) is 0 Å². The molecule has 2 aromatic rings. The van der Waals surface area contributed by atoms with Crippen LogP contribution in [0.5, 0.6) is 0 Å². The van der Waals surface area contributed by atoms with Crippen LogP contribution >= 0.6 is 27.3 Å². The minimum absolute atomic E-state index is 0.850. The molecule has 2 heterocycles. The molecule has 0 N–H and O–H groups in total. The Hall–Kier alpha value is -0.680. The van der Waals surface area contributed by atoms with Gasteiger partial charge in [-0.25, -0.2) is 9.97 Å². The maximum atomic E-state index is 4.10. The summed E-state index contributed by atoms with van der Waals surface area (Å²) in [6.45, 7) is 0.850. The monoisotopic (exact) mass is 243 g/mol. The summed E-state index contributed by atoms with van der Waals surface area (Å²) in [5, 5.41) is 0. The van der Waals surface area contributed by atoms with E-state index < -0.39 is 0 Å². The van der Waals surface area contributed by atoms with Gasteiger partial charge in [0.2, 0.25) is 0 Å². The predicted molar refractivity (Wildman–Crippen MR) is 51.1 cm³/mol. The fraction of sp³-hybridized carbons (Fsp3) is 0.143. The lowest BCUT2D eigenvalue weighted by molar-refractivity contribution is 0.808. The first-order valence-electron chi connectivity index (χ1n) is 3.40. The molecule has 0 unspecified atom stereocenters. The highest BCUT2D eigenvalue weighted by molar-refractivity contribution is 9.11. The molecule has 0 atom stereocenters. The predicted octanol–water partition coefficient (Wildman–Crippen LogP) is 2.15. The molecule has 0 bridgehead atoms. The van der Waals surface area contributed by atoms with E-state index in [0.717, 1.165) is 10.5 Å². The van der Waals surface area contributed by atoms with Crippen LogP contribution in [0.4, 0.5) is 0 Å². The van der Waals surface area contributed by atoms with Gasteiger partial charge in [-0.15, -0.1) is 11.3 Å². The highest BCUT2D eigenvalue weighted by atomic mass is 79.9. The number of hydrogen-bond acceptors (Lipinski definition) is 3. The van der Waals surface area contributed by atoms with Crippen LogP contribution in [0.1, 0.15) is 4.88 Å². The third kappa shape index (κ3) is 1.73. The summed E-state index contributed by atoms with van der Waals surface area (Å²) in [6, 6.07) is 0. The Labute approximate surface area is 82.2 Å². The highest BCUT2D eigenvalue weighted by Gasteiger charge is 1.98. The summed E-state index contributed by atoms with van der Waals surface area (Å²) in [5.41, 5.74) is 0. The third-order valence-corrected chi connectivity index (χ3v) is 2.88. The van der Waals surface area contributed by atoms with E-state index in [1.165, 1.54) is 4.88 Å². The van der Waals surface area contributed by atoms with Crippen molar-refractivity contribution in [1.82, 2.24) is 14.5 Å². The van der Waals surface area contributed by atoms with E-state index in [0.29, 0.717) is 0 Å². The molecule has 2 aromatic heterocycles. The van der Waals surface area contributed by atoms with E-state index in [1.54, 1.807) is 23.9 Å². The normalized spacial score (nSPS) is 10.4. The Kier molecular flexibility index (Phi) is 2.23. The summed E-state index contributed by atoms with van der Waals surface area (Å²) in [6.07, 6.45) is 7.38. The van der Waals surface area contributed by atoms with Crippen LogP contribution in [0.3, 0.4) is 0 Å². The molecular weight excluding hydrogens is 238 g/mol. The summed E-state index contributed by atoms with van der Waals surface area (Å²) in [5.74, 6) is 0. The quantitative estimate of drug-likeness (QED) is 0.810. The molecule has 0 aromatic carbocycles. The van der Waals surface area contributed by atoms with E-state index in [1.807, 2.05) is 17.0 Å². The van der Waals surface area contributed by atoms with Crippen molar-refractivity contribution in [2.24, 2.45) is 0 Å². The van der Waals surface area contributed by atoms with Gasteiger partial charge in [-0.2, -0.15) is 0 Å². The van der Waals surface area contributed by atoms with Gasteiger partial charge in [0.25, 0.3) is 0 Å². The summed E-state index contributed by atoms with van der Waals surface area (Å²) < 4.78 is 2.94. The highest BCUT2D eigenvalue weighted by Crippen LogP contribution is 2.18. The van der Waals surface area contributed by atoms with E-state index in [-0.39, 0.29) is 0 Å². The molecule has 0 saturated heterocycles. The molecule has 3 nitrogen and oxygen atoms in total. The number of hydrogen-bond donors (Lipinski definition) is 0. The zero-order valence-electron chi connectivity index (χ0n) is 6.14. The number of halogens is 1. The van der Waals surface area contributed by atoms with Crippen LogP contribution in [0.15, 0.2) is 28.8 Å². The number of rotatable bonds is 2. The molecule has 0 saturated carbocycles. The zero-order valence-corrected chi connectivity index (χ0v) is 8.55. The molecule has 62 valence electrons. The summed E-state index contributed by atoms with van der Waals surface area (Å²) in [4.78, 5) is 9.28. The Bertz CT molecular complexity index is 354. The lowest BCUT2D eigenvalue weighted by Crippen LogP contribution is -1.92. The van der Waals surface area contributed by atoms with Crippen molar-refractivity contribution in [2.45, 2.75) is 6.54 Å². The van der Waals surface area contributed by atoms with Crippen LogP contribution < -0.4 is 0 Å². The van der Waals surface area contributed by atoms with Gasteiger partial charge in [-0.3, -0.25) is 0 Å². The second-order valence-corrected chi connectivity index (χ2v) is 4.71. The maximum Gasteiger partial charge on any atom is 0.159 e. The largest absolute Gasteiger partial charge is 0.332 e. The second-order valence-electron chi connectivity index (χ2n) is 2.31. The maximum absolute atomic E-state index is 4.10. The molecule has 0 aliphatic rings. The van der Waals surface area contributed by atoms with Gasteiger partial charge in [-0.05, 0) is 15.9 Å². The van der Waals surface area contributed by atoms with Gasteiger partial charge < -0.3 is 4.57 Å². The third-order valence-electron chi connectivity index (χ3n) is 1.42. The Morgan fingerprint density at radius 2 is 2.50 bits per heavy atom. The lowest BCUT2D eigenvalue weighted by Gasteiger charge is -1.95. The van der Waals surface area contributed by atoms with Gasteiger partial charge in [0.15, 0.2) is 3.92 Å². The number of aromatic nitrogens is 3. The zero-order chi connectivity index (χ0) is 8.39. The van der Waals surface area contributed by atoms with Gasteiger partial charge in [0.05, 0.1) is 12.9 Å². The average molecular weight is 244 g/mol. The fourth-order valence-electron chi connectivity index (χ4n) is 0.917. The molecule has 5 heteroatoms. The second kappa shape index (κ2) is 3.37. The minimum Gasteiger partial charge on any atom is -0.332 e. The van der Waals surface area contributed by atoms with Gasteiger partial charge >= 0.3 is 0 Å². The lowest BCUT2D eigenvalue weighted by atomic mass is 10.5. The number of thiazole rings is 1. The van der Waals surface area contributed by atoms with Crippen LogP contribution in [-0.2, 0) is 6.54 Å². The fourth-order valence-corrected chi connectivity index (χ4v) is 2.28. The van der Waals surface area contributed by atoms with Crippen molar-refractivity contribution < 1.29 is 0 Å². The molecule has 0 aliphatic heterocycles. The van der Waals surface area contributed by atoms with Crippen molar-refractivity contribution in [3.05, 3.63) is 33.7 Å². The number of nitrogens with zero attached hydrogens (tertiary/aromatic N) is 3. The van der Waals surface area contributed by atoms with Gasteiger partial charge in [0.1, 0.15) is 0 Å². The molecule has 0 aliphatic carbocycles. The molecule has 0 radical (unpaired) electrons. The minimum atomic E-state index is 0.850. The standard InChI is InChI=1S/C7H6BrN3S/c8-7-10-3-6(12-7)4-11-2-1-9-5-11/h1-3,5H,4H2. The Balaban J connectivity index is 2.14. The first kappa shape index (κ1) is 7.94. The van der Waals surface area contributed by atoms with E-state index >= 15 is 0 Å². The first-order chi connectivity index (χ1) is 5.84. The smallest absolute Gasteiger partial charge is 0.159 e. The van der Waals surface area contributed by atoms with Crippen molar-refractivity contribution in [1.29, 1.82) is 0 Å². The molecule has 2 rings (SSSR count). The van der Waals surface area contributed by atoms with Crippen LogP contribution in [-0.4, -0.2) is 14.5 Å². The summed E-state index contributed by atoms with van der Waals surface area (Å²) >= 11 is 4.96. The van der Waals surface area contributed by atoms with E-state index in [2.05, 4.69) is 25.9 Å². The first-order valence-corrected chi connectivity index (χ1v) is 5.01. The number of imidazole rings is 1. The van der Waals surface area contributed by atoms with Crippen molar-refractivity contribution in [2.75, 3.05) is 0 Å². The Morgan fingerprint density at radius 1 is 1.58 bits per heavy atom. The van der Waals surface area contributed by atoms with Crippen LogP contribution in [0.25, 0.3) is 0 Å². The molecule has 0 spiro atoms. The van der Waals surface area contributed by atoms with Crippen molar-refractivity contribution >= 4 is 27.3 Å². The van der Waals surface area contributed by atoms with Crippen LogP contribution in [0, 0.1) is 0 Å². The molecular formula is C7H6BrN3S. The average Bonchev–Trinajstić information content (AvgIpc) is 2.63. The molecule has 12 heavy (non-hydrogen) atoms. The van der Waals surface area contributed by atoms with Crippen LogP contribution in [0.2, 0.25) is 0 Å². The van der Waals surface area contributed by atoms with Gasteiger partial charge in [0, 0.05) is 23.5 Å². The SMILES string of the molecule is Brc1ncc(Cn2ccnc2)s1. The van der Waals surface area contributed by atoms with E-state index in [9.17, 15) is 0 Å². The topological polar surface area (TPSA) is 30.7 Å². The molecule has 0 fully saturated rings.